The average molecular weight is 629 g/mol. The van der Waals surface area contributed by atoms with Crippen molar-refractivity contribution in [1.82, 2.24) is 0 Å². The molecule has 0 saturated heterocycles. The van der Waals surface area contributed by atoms with E-state index in [1.165, 1.54) is 6.07 Å². The Kier molecular flexibility index (Phi) is 8.21. The molecule has 244 valence electrons. The minimum atomic E-state index is -2.65. The molecule has 1 fully saturated rings. The Morgan fingerprint density at radius 2 is 1.59 bits per heavy atom. The van der Waals surface area contributed by atoms with Crippen LogP contribution in [0, 0.1) is 28.6 Å². The lowest BCUT2D eigenvalue weighted by molar-refractivity contribution is -0.178. The van der Waals surface area contributed by atoms with Gasteiger partial charge in [-0.3, -0.25) is 19.2 Å². The number of phenolic OH excluding ortho intramolecular Hbond substituents is 1. The third-order valence-corrected chi connectivity index (χ3v) is 10.6. The van der Waals surface area contributed by atoms with E-state index < -0.39 is 62.7 Å². The van der Waals surface area contributed by atoms with E-state index in [2.05, 4.69) is 13.8 Å². The van der Waals surface area contributed by atoms with Crippen molar-refractivity contribution in [3.8, 4) is 16.9 Å². The summed E-state index contributed by atoms with van der Waals surface area (Å²) in [6.45, 7) is 12.2. The molecule has 2 aromatic carbocycles. The molecule has 46 heavy (non-hydrogen) atoms. The Morgan fingerprint density at radius 3 is 2.15 bits per heavy atom. The standard InChI is InChI=1S/C38H44O8/c1-19(2)8-13-24(40)16-22-9-11-23(12-10-22)25-14-15-27(41)29-26(25)17-36(6)18-37(7)30(20(3)4)32(42)28(21(5)39)34(44)38(37,46)35(45)31(36)33(29)43/h9-12,14-15,19-20,30,41,43-44,46H,8,13,16-18H2,1-7H3/t30?,36-,37-,38+/m1/s1. The molecule has 3 aliphatic carbocycles. The number of Topliss-reactive ketones (excluding diaryl/α,β-unsaturated/α-hetero) is 4. The fraction of sp³-hybridized carbons (Fsp3) is 0.474. The predicted molar refractivity (Wildman–Crippen MR) is 174 cm³/mol. The number of hydrogen-bond acceptors (Lipinski definition) is 8. The number of fused-ring (bicyclic) bond motifs is 3. The smallest absolute Gasteiger partial charge is 0.203 e. The van der Waals surface area contributed by atoms with E-state index in [4.69, 9.17) is 0 Å². The number of carbonyl (C=O) groups is 4. The third kappa shape index (κ3) is 4.84. The molecule has 0 bridgehead atoms. The van der Waals surface area contributed by atoms with E-state index in [9.17, 15) is 39.6 Å². The highest BCUT2D eigenvalue weighted by molar-refractivity contribution is 6.24. The SMILES string of the molecule is CC(=O)C1=C(O)[C@]2(O)C(=O)C3=C(O)c4c(O)ccc(-c5ccc(CC(=O)CCC(C)C)cc5)c4C[C@]3(C)C[C@]2(C)C(C(C)C)C1=O. The molecule has 5 rings (SSSR count). The topological polar surface area (TPSA) is 149 Å². The lowest BCUT2D eigenvalue weighted by Crippen LogP contribution is -2.69. The van der Waals surface area contributed by atoms with Gasteiger partial charge in [-0.05, 0) is 66.3 Å². The molecule has 0 amide bonds. The highest BCUT2D eigenvalue weighted by Crippen LogP contribution is 2.65. The molecule has 3 aliphatic rings. The van der Waals surface area contributed by atoms with Crippen LogP contribution in [0.1, 0.15) is 84.4 Å². The molecular weight excluding hydrogens is 584 g/mol. The minimum Gasteiger partial charge on any atom is -0.508 e. The van der Waals surface area contributed by atoms with Crippen LogP contribution in [0.4, 0.5) is 0 Å². The van der Waals surface area contributed by atoms with Crippen LogP contribution in [-0.4, -0.2) is 49.2 Å². The van der Waals surface area contributed by atoms with Gasteiger partial charge in [-0.1, -0.05) is 71.9 Å². The molecule has 2 aromatic rings. The minimum absolute atomic E-state index is 0.0252. The first kappa shape index (κ1) is 33.3. The molecule has 8 nitrogen and oxygen atoms in total. The number of hydrogen-bond donors (Lipinski definition) is 4. The zero-order chi connectivity index (χ0) is 34.1. The van der Waals surface area contributed by atoms with Gasteiger partial charge in [-0.2, -0.15) is 0 Å². The zero-order valence-corrected chi connectivity index (χ0v) is 27.7. The van der Waals surface area contributed by atoms with Gasteiger partial charge in [0.25, 0.3) is 0 Å². The van der Waals surface area contributed by atoms with E-state index in [1.807, 2.05) is 24.3 Å². The normalized spacial score (nSPS) is 27.6. The first-order chi connectivity index (χ1) is 21.4. The number of phenols is 1. The highest BCUT2D eigenvalue weighted by Gasteiger charge is 2.72. The second-order valence-electron chi connectivity index (χ2n) is 14.8. The van der Waals surface area contributed by atoms with E-state index in [-0.39, 0.29) is 35.5 Å². The highest BCUT2D eigenvalue weighted by atomic mass is 16.3. The zero-order valence-electron chi connectivity index (χ0n) is 27.7. The number of aromatic hydroxyl groups is 1. The molecule has 1 saturated carbocycles. The fourth-order valence-electron chi connectivity index (χ4n) is 8.56. The number of aliphatic hydroxyl groups excluding tert-OH is 2. The van der Waals surface area contributed by atoms with Crippen LogP contribution in [0.2, 0.25) is 0 Å². The van der Waals surface area contributed by atoms with Gasteiger partial charge in [0.05, 0.1) is 5.56 Å². The maximum atomic E-state index is 14.5. The van der Waals surface area contributed by atoms with Crippen LogP contribution in [0.3, 0.4) is 0 Å². The molecule has 4 N–H and O–H groups in total. The van der Waals surface area contributed by atoms with Crippen molar-refractivity contribution in [2.45, 2.75) is 86.2 Å². The maximum absolute atomic E-state index is 14.5. The van der Waals surface area contributed by atoms with Crippen LogP contribution in [-0.2, 0) is 32.0 Å². The van der Waals surface area contributed by atoms with Gasteiger partial charge >= 0.3 is 0 Å². The first-order valence-corrected chi connectivity index (χ1v) is 16.0. The van der Waals surface area contributed by atoms with Gasteiger partial charge in [0, 0.05) is 35.2 Å². The fourth-order valence-corrected chi connectivity index (χ4v) is 8.56. The maximum Gasteiger partial charge on any atom is 0.203 e. The molecule has 1 unspecified atom stereocenters. The van der Waals surface area contributed by atoms with Gasteiger partial charge in [0.1, 0.15) is 28.6 Å². The summed E-state index contributed by atoms with van der Waals surface area (Å²) < 4.78 is 0. The molecule has 0 aromatic heterocycles. The van der Waals surface area contributed by atoms with Crippen LogP contribution in [0.15, 0.2) is 53.3 Å². The Hall–Kier alpha value is -4.04. The number of ketones is 4. The number of allylic oxidation sites excluding steroid dienone is 1. The second-order valence-corrected chi connectivity index (χ2v) is 14.8. The third-order valence-electron chi connectivity index (χ3n) is 10.6. The van der Waals surface area contributed by atoms with Crippen molar-refractivity contribution in [2.75, 3.05) is 0 Å². The summed E-state index contributed by atoms with van der Waals surface area (Å²) in [7, 11) is 0. The van der Waals surface area contributed by atoms with Crippen molar-refractivity contribution in [2.24, 2.45) is 28.6 Å². The Bertz CT molecular complexity index is 1730. The number of rotatable bonds is 8. The molecule has 8 heteroatoms. The van der Waals surface area contributed by atoms with Gasteiger partial charge in [-0.25, -0.2) is 0 Å². The summed E-state index contributed by atoms with van der Waals surface area (Å²) in [4.78, 5) is 53.2. The number of aliphatic hydroxyl groups is 3. The van der Waals surface area contributed by atoms with Gasteiger partial charge in [0.2, 0.25) is 5.78 Å². The molecule has 0 spiro atoms. The average Bonchev–Trinajstić information content (AvgIpc) is 2.94. The second kappa shape index (κ2) is 11.3. The van der Waals surface area contributed by atoms with Gasteiger partial charge in [-0.15, -0.1) is 0 Å². The Labute approximate surface area is 269 Å². The largest absolute Gasteiger partial charge is 0.508 e. The Balaban J connectivity index is 1.64. The van der Waals surface area contributed by atoms with E-state index in [0.717, 1.165) is 30.0 Å². The lowest BCUT2D eigenvalue weighted by atomic mass is 9.43. The summed E-state index contributed by atoms with van der Waals surface area (Å²) in [5.74, 6) is -4.85. The summed E-state index contributed by atoms with van der Waals surface area (Å²) in [5.41, 5.74) is -2.98. The molecule has 0 aliphatic heterocycles. The number of benzene rings is 2. The van der Waals surface area contributed by atoms with Gasteiger partial charge < -0.3 is 20.4 Å². The van der Waals surface area contributed by atoms with Crippen molar-refractivity contribution < 1.29 is 39.6 Å². The van der Waals surface area contributed by atoms with Crippen molar-refractivity contribution in [3.05, 3.63) is 70.0 Å². The van der Waals surface area contributed by atoms with E-state index in [1.54, 1.807) is 33.8 Å². The summed E-state index contributed by atoms with van der Waals surface area (Å²) in [6.07, 6.45) is 1.90. The summed E-state index contributed by atoms with van der Waals surface area (Å²) in [6, 6.07) is 10.7. The summed E-state index contributed by atoms with van der Waals surface area (Å²) in [5, 5.41) is 46.3. The van der Waals surface area contributed by atoms with Crippen molar-refractivity contribution >= 4 is 28.9 Å². The van der Waals surface area contributed by atoms with Crippen LogP contribution >= 0.6 is 0 Å². The molecule has 0 heterocycles. The monoisotopic (exact) mass is 628 g/mol. The van der Waals surface area contributed by atoms with Crippen LogP contribution < -0.4 is 0 Å². The van der Waals surface area contributed by atoms with Gasteiger partial charge in [0.15, 0.2) is 17.2 Å². The van der Waals surface area contributed by atoms with Crippen LogP contribution in [0.25, 0.3) is 16.9 Å². The van der Waals surface area contributed by atoms with E-state index >= 15 is 0 Å². The first-order valence-electron chi connectivity index (χ1n) is 16.0. The van der Waals surface area contributed by atoms with Crippen LogP contribution in [0.5, 0.6) is 5.75 Å². The molecular formula is C38H44O8. The quantitative estimate of drug-likeness (QED) is 0.245. The van der Waals surface area contributed by atoms with Crippen molar-refractivity contribution in [3.63, 3.8) is 0 Å². The van der Waals surface area contributed by atoms with E-state index in [0.29, 0.717) is 24.3 Å². The summed E-state index contributed by atoms with van der Waals surface area (Å²) >= 11 is 0. The Morgan fingerprint density at radius 1 is 0.957 bits per heavy atom. The molecule has 4 atom stereocenters. The predicted octanol–water partition coefficient (Wildman–Crippen LogP) is 6.40. The molecule has 0 radical (unpaired) electrons. The lowest BCUT2D eigenvalue weighted by Gasteiger charge is -2.59. The van der Waals surface area contributed by atoms with Crippen molar-refractivity contribution in [1.29, 1.82) is 0 Å². The number of carbonyl (C=O) groups excluding carboxylic acids is 4.